The summed E-state index contributed by atoms with van der Waals surface area (Å²) in [6.45, 7) is 2.80. The molecule has 1 fully saturated rings. The van der Waals surface area contributed by atoms with Crippen molar-refractivity contribution in [2.45, 2.75) is 32.0 Å². The summed E-state index contributed by atoms with van der Waals surface area (Å²) in [6.07, 6.45) is 1.38. The molecule has 0 spiro atoms. The molecule has 0 amide bonds. The number of rotatable bonds is 3. The third-order valence-corrected chi connectivity index (χ3v) is 3.74. The molecule has 1 aliphatic rings. The molecule has 3 atom stereocenters. The smallest absolute Gasteiger partial charge is 0.154 e. The first-order valence-electron chi connectivity index (χ1n) is 5.49. The second-order valence-electron chi connectivity index (χ2n) is 4.10. The van der Waals surface area contributed by atoms with Crippen LogP contribution in [0.2, 0.25) is 0 Å². The zero-order valence-electron chi connectivity index (χ0n) is 9.43. The van der Waals surface area contributed by atoms with Crippen molar-refractivity contribution in [3.8, 4) is 0 Å². The van der Waals surface area contributed by atoms with E-state index in [-0.39, 0.29) is 12.0 Å². The van der Waals surface area contributed by atoms with Gasteiger partial charge in [0.1, 0.15) is 11.8 Å². The minimum absolute atomic E-state index is 0.136. The maximum atomic E-state index is 10.4. The van der Waals surface area contributed by atoms with Crippen LogP contribution in [0.5, 0.6) is 0 Å². The minimum Gasteiger partial charge on any atom is -0.386 e. The van der Waals surface area contributed by atoms with Crippen LogP contribution in [-0.2, 0) is 11.8 Å². The van der Waals surface area contributed by atoms with Gasteiger partial charge >= 0.3 is 0 Å². The fourth-order valence-corrected chi connectivity index (χ4v) is 2.86. The molecule has 0 saturated carbocycles. The van der Waals surface area contributed by atoms with E-state index in [1.54, 1.807) is 11.7 Å². The normalized spacial score (nSPS) is 27.2. The van der Waals surface area contributed by atoms with Crippen molar-refractivity contribution < 1.29 is 9.84 Å². The van der Waals surface area contributed by atoms with Crippen molar-refractivity contribution in [2.24, 2.45) is 13.0 Å². The Kier molecular flexibility index (Phi) is 3.61. The lowest BCUT2D eigenvalue weighted by Gasteiger charge is -2.22. The number of hydrogen-bond acceptors (Lipinski definition) is 4. The summed E-state index contributed by atoms with van der Waals surface area (Å²) in [5.74, 6) is 0.137. The fraction of sp³-hybridized carbons (Fsp3) is 0.800. The second-order valence-corrected chi connectivity index (χ2v) is 4.86. The number of aromatic nitrogens is 3. The highest BCUT2D eigenvalue weighted by atomic mass is 79.9. The van der Waals surface area contributed by atoms with Gasteiger partial charge in [0.15, 0.2) is 4.60 Å². The van der Waals surface area contributed by atoms with Crippen LogP contribution >= 0.6 is 15.9 Å². The first-order chi connectivity index (χ1) is 7.65. The fourth-order valence-electron chi connectivity index (χ4n) is 2.30. The third-order valence-electron chi connectivity index (χ3n) is 3.18. The molecule has 1 N–H and O–H groups in total. The first kappa shape index (κ1) is 12.0. The van der Waals surface area contributed by atoms with Gasteiger partial charge in [0.25, 0.3) is 0 Å². The van der Waals surface area contributed by atoms with Gasteiger partial charge in [-0.3, -0.25) is 0 Å². The topological polar surface area (TPSA) is 60.2 Å². The molecule has 6 heteroatoms. The molecule has 16 heavy (non-hydrogen) atoms. The van der Waals surface area contributed by atoms with Crippen LogP contribution < -0.4 is 0 Å². The number of aliphatic hydroxyl groups excluding tert-OH is 1. The van der Waals surface area contributed by atoms with Gasteiger partial charge in [0.05, 0.1) is 6.10 Å². The van der Waals surface area contributed by atoms with E-state index in [1.807, 2.05) is 0 Å². The van der Waals surface area contributed by atoms with E-state index in [0.717, 1.165) is 25.1 Å². The summed E-state index contributed by atoms with van der Waals surface area (Å²) in [4.78, 5) is 0. The van der Waals surface area contributed by atoms with Crippen LogP contribution in [0.3, 0.4) is 0 Å². The van der Waals surface area contributed by atoms with Crippen LogP contribution in [0.1, 0.15) is 31.6 Å². The highest BCUT2D eigenvalue weighted by Gasteiger charge is 2.36. The van der Waals surface area contributed by atoms with Gasteiger partial charge < -0.3 is 9.84 Å². The van der Waals surface area contributed by atoms with E-state index < -0.39 is 6.10 Å². The zero-order valence-corrected chi connectivity index (χ0v) is 11.0. The Hall–Kier alpha value is -0.460. The van der Waals surface area contributed by atoms with Crippen LogP contribution in [0, 0.1) is 5.92 Å². The number of aliphatic hydroxyl groups is 1. The van der Waals surface area contributed by atoms with Gasteiger partial charge in [-0.25, -0.2) is 4.68 Å². The largest absolute Gasteiger partial charge is 0.386 e. The molecular weight excluding hydrogens is 274 g/mol. The highest BCUT2D eigenvalue weighted by Crippen LogP contribution is 2.36. The molecule has 5 nitrogen and oxygen atoms in total. The van der Waals surface area contributed by atoms with E-state index in [1.165, 1.54) is 0 Å². The Balaban J connectivity index is 2.21. The number of nitrogens with zero attached hydrogens (tertiary/aromatic N) is 3. The number of hydrogen-bond donors (Lipinski definition) is 1. The Morgan fingerprint density at radius 2 is 2.44 bits per heavy atom. The summed E-state index contributed by atoms with van der Waals surface area (Å²) in [6, 6.07) is 0. The third kappa shape index (κ3) is 2.01. The molecular formula is C10H16BrN3O2. The van der Waals surface area contributed by atoms with Crippen LogP contribution in [-0.4, -0.2) is 32.8 Å². The summed E-state index contributed by atoms with van der Waals surface area (Å²) in [5, 5.41) is 18.1. The lowest BCUT2D eigenvalue weighted by molar-refractivity contribution is 0.0270. The summed E-state index contributed by atoms with van der Waals surface area (Å²) in [7, 11) is 1.78. The van der Waals surface area contributed by atoms with Crippen LogP contribution in [0.25, 0.3) is 0 Å². The minimum atomic E-state index is -0.568. The molecule has 3 unspecified atom stereocenters. The average Bonchev–Trinajstić information content (AvgIpc) is 2.85. The van der Waals surface area contributed by atoms with E-state index in [0.29, 0.717) is 4.60 Å². The Morgan fingerprint density at radius 3 is 3.00 bits per heavy atom. The Morgan fingerprint density at radius 1 is 1.69 bits per heavy atom. The molecule has 0 radical (unpaired) electrons. The van der Waals surface area contributed by atoms with Gasteiger partial charge in [0, 0.05) is 19.6 Å². The Labute approximate surface area is 103 Å². The molecule has 0 aromatic carbocycles. The molecule has 1 aliphatic heterocycles. The van der Waals surface area contributed by atoms with Crippen molar-refractivity contribution in [2.75, 3.05) is 6.61 Å². The zero-order chi connectivity index (χ0) is 11.7. The monoisotopic (exact) mass is 289 g/mol. The van der Waals surface area contributed by atoms with E-state index >= 15 is 0 Å². The standard InChI is InChI=1S/C10H16BrN3O2/c1-3-7-6(4-5-16-7)9(15)8-10(11)12-13-14(8)2/h6-7,9,15H,3-5H2,1-2H3. The van der Waals surface area contributed by atoms with Gasteiger partial charge in [-0.2, -0.15) is 0 Å². The van der Waals surface area contributed by atoms with Crippen LogP contribution in [0.15, 0.2) is 4.60 Å². The molecule has 1 aromatic rings. The van der Waals surface area contributed by atoms with Crippen molar-refractivity contribution in [1.82, 2.24) is 15.0 Å². The molecule has 0 aliphatic carbocycles. The van der Waals surface area contributed by atoms with E-state index in [9.17, 15) is 5.11 Å². The number of aryl methyl sites for hydroxylation is 1. The molecule has 1 aromatic heterocycles. The molecule has 2 rings (SSSR count). The van der Waals surface area contributed by atoms with Gasteiger partial charge in [-0.1, -0.05) is 12.1 Å². The predicted molar refractivity (Wildman–Crippen MR) is 61.8 cm³/mol. The SMILES string of the molecule is CCC1OCCC1C(O)c1c(Br)nnn1C. The summed E-state index contributed by atoms with van der Waals surface area (Å²) < 4.78 is 7.81. The molecule has 90 valence electrons. The summed E-state index contributed by atoms with van der Waals surface area (Å²) in [5.41, 5.74) is 0.731. The number of halogens is 1. The molecule has 2 heterocycles. The maximum Gasteiger partial charge on any atom is 0.154 e. The van der Waals surface area contributed by atoms with Gasteiger partial charge in [0.2, 0.25) is 0 Å². The first-order valence-corrected chi connectivity index (χ1v) is 6.29. The maximum absolute atomic E-state index is 10.4. The van der Waals surface area contributed by atoms with Crippen molar-refractivity contribution in [1.29, 1.82) is 0 Å². The quantitative estimate of drug-likeness (QED) is 0.914. The van der Waals surface area contributed by atoms with Crippen molar-refractivity contribution in [3.05, 3.63) is 10.3 Å². The lowest BCUT2D eigenvalue weighted by atomic mass is 9.92. The number of ether oxygens (including phenoxy) is 1. The second kappa shape index (κ2) is 4.81. The molecule has 1 saturated heterocycles. The average molecular weight is 290 g/mol. The van der Waals surface area contributed by atoms with Crippen LogP contribution in [0.4, 0.5) is 0 Å². The predicted octanol–water partition coefficient (Wildman–Crippen LogP) is 1.43. The van der Waals surface area contributed by atoms with Crippen molar-refractivity contribution >= 4 is 15.9 Å². The van der Waals surface area contributed by atoms with Gasteiger partial charge in [-0.15, -0.1) is 5.10 Å². The highest BCUT2D eigenvalue weighted by molar-refractivity contribution is 9.10. The van der Waals surface area contributed by atoms with E-state index in [2.05, 4.69) is 33.2 Å². The van der Waals surface area contributed by atoms with Crippen molar-refractivity contribution in [3.63, 3.8) is 0 Å². The van der Waals surface area contributed by atoms with Gasteiger partial charge in [-0.05, 0) is 28.8 Å². The Bertz CT molecular complexity index is 349. The van der Waals surface area contributed by atoms with E-state index in [4.69, 9.17) is 4.74 Å². The molecule has 0 bridgehead atoms. The summed E-state index contributed by atoms with van der Waals surface area (Å²) >= 11 is 3.31. The lowest BCUT2D eigenvalue weighted by Crippen LogP contribution is -2.23.